The highest BCUT2D eigenvalue weighted by atomic mass is 32.2. The van der Waals surface area contributed by atoms with Gasteiger partial charge in [-0.3, -0.25) is 0 Å². The lowest BCUT2D eigenvalue weighted by Gasteiger charge is -2.28. The molecule has 0 fully saturated rings. The third kappa shape index (κ3) is 17.8. The number of rotatable bonds is 28. The molecule has 284 valence electrons. The molecule has 0 radical (unpaired) electrons. The molecule has 0 amide bonds. The van der Waals surface area contributed by atoms with E-state index in [0.717, 1.165) is 24.3 Å². The van der Waals surface area contributed by atoms with E-state index in [1.165, 1.54) is 146 Å². The van der Waals surface area contributed by atoms with Crippen LogP contribution in [0.4, 0.5) is 0 Å². The third-order valence-corrected chi connectivity index (χ3v) is 16.7. The molecule has 0 unspecified atom stereocenters. The van der Waals surface area contributed by atoms with Gasteiger partial charge < -0.3 is 10.2 Å². The summed E-state index contributed by atoms with van der Waals surface area (Å²) in [6.45, 7) is 9.48. The van der Waals surface area contributed by atoms with Crippen LogP contribution in [0.2, 0.25) is 0 Å². The van der Waals surface area contributed by atoms with Crippen molar-refractivity contribution in [1.29, 1.82) is 0 Å². The van der Waals surface area contributed by atoms with Gasteiger partial charge in [-0.1, -0.05) is 148 Å². The Balaban J connectivity index is 0.000000523. The lowest BCUT2D eigenvalue weighted by Crippen LogP contribution is -2.13. The van der Waals surface area contributed by atoms with Gasteiger partial charge in [0.1, 0.15) is 0 Å². The fraction of sp³-hybridized carbons (Fsp3) is 0.667. The van der Waals surface area contributed by atoms with E-state index in [2.05, 4.69) is 27.7 Å². The van der Waals surface area contributed by atoms with E-state index >= 15 is 0 Å². The number of carbonyl (C=O) groups is 2. The number of hydrogen-bond acceptors (Lipinski definition) is 4. The van der Waals surface area contributed by atoms with Crippen molar-refractivity contribution in [2.75, 3.05) is 24.6 Å². The second-order valence-electron chi connectivity index (χ2n) is 14.0. The largest absolute Gasteiger partial charge is 0.478 e. The van der Waals surface area contributed by atoms with Gasteiger partial charge >= 0.3 is 11.9 Å². The molecule has 0 aliphatic carbocycles. The summed E-state index contributed by atoms with van der Waals surface area (Å²) < 4.78 is 25.1. The number of benzene rings is 2. The molecule has 6 nitrogen and oxygen atoms in total. The van der Waals surface area contributed by atoms with E-state index in [-0.39, 0.29) is 0 Å². The van der Waals surface area contributed by atoms with Crippen molar-refractivity contribution in [2.45, 2.75) is 166 Å². The summed E-state index contributed by atoms with van der Waals surface area (Å²) in [6, 6.07) is 10.1. The van der Waals surface area contributed by atoms with E-state index in [1.807, 2.05) is 0 Å². The number of aromatic carboxylic acids is 2. The molecule has 0 heterocycles. The first kappa shape index (κ1) is 45.8. The minimum Gasteiger partial charge on any atom is -0.478 e. The van der Waals surface area contributed by atoms with Gasteiger partial charge in [0.05, 0.1) is 45.6 Å². The molecule has 0 saturated carbocycles. The van der Waals surface area contributed by atoms with Crippen molar-refractivity contribution in [1.82, 2.24) is 0 Å². The number of sulfone groups is 1. The fourth-order valence-electron chi connectivity index (χ4n) is 6.67. The van der Waals surface area contributed by atoms with Crippen molar-refractivity contribution in [3.8, 4) is 0 Å². The molecule has 0 bridgehead atoms. The molecule has 8 heteroatoms. The number of carboxylic acids is 2. The Kier molecular flexibility index (Phi) is 25.1. The number of hydrogen-bond donors (Lipinski definition) is 2. The summed E-state index contributed by atoms with van der Waals surface area (Å²) in [5.74, 6) is -2.80. The van der Waals surface area contributed by atoms with E-state index in [4.69, 9.17) is 10.2 Å². The Labute approximate surface area is 306 Å². The third-order valence-electron chi connectivity index (χ3n) is 9.76. The van der Waals surface area contributed by atoms with Gasteiger partial charge in [0.15, 0.2) is 0 Å². The molecule has 2 aromatic carbocycles. The quantitative estimate of drug-likeness (QED) is 0.0665. The zero-order valence-electron chi connectivity index (χ0n) is 32.0. The van der Waals surface area contributed by atoms with Gasteiger partial charge in [0.2, 0.25) is 9.84 Å². The van der Waals surface area contributed by atoms with Crippen molar-refractivity contribution in [3.05, 3.63) is 59.7 Å². The summed E-state index contributed by atoms with van der Waals surface area (Å²) in [6.07, 6.45) is 36.0. The predicted molar refractivity (Wildman–Crippen MR) is 214 cm³/mol. The van der Waals surface area contributed by atoms with Gasteiger partial charge in [-0.2, -0.15) is 0 Å². The minimum atomic E-state index is -4.25. The number of carboxylic acid groups (broad SMARTS) is 2. The van der Waals surface area contributed by atoms with E-state index in [0.29, 0.717) is 0 Å². The van der Waals surface area contributed by atoms with Crippen LogP contribution in [-0.4, -0.2) is 55.2 Å². The van der Waals surface area contributed by atoms with Gasteiger partial charge in [0.25, 0.3) is 0 Å². The summed E-state index contributed by atoms with van der Waals surface area (Å²) in [7, 11) is -4.88. The van der Waals surface area contributed by atoms with Crippen molar-refractivity contribution in [2.24, 2.45) is 0 Å². The summed E-state index contributed by atoms with van der Waals surface area (Å²) in [5.41, 5.74) is -0.810. The molecule has 2 N–H and O–H groups in total. The van der Waals surface area contributed by atoms with Crippen LogP contribution in [0.25, 0.3) is 0 Å². The van der Waals surface area contributed by atoms with Gasteiger partial charge in [0, 0.05) is 7.26 Å². The minimum absolute atomic E-state index is 0.405. The molecule has 0 spiro atoms. The Morgan fingerprint density at radius 2 is 0.740 bits per heavy atom. The zero-order valence-corrected chi connectivity index (χ0v) is 33.7. The van der Waals surface area contributed by atoms with Crippen LogP contribution < -0.4 is 0 Å². The summed E-state index contributed by atoms with van der Waals surface area (Å²) >= 11 is 0. The smallest absolute Gasteiger partial charge is 0.337 e. The van der Waals surface area contributed by atoms with Crippen LogP contribution in [-0.2, 0) is 9.84 Å². The molecule has 2 aromatic rings. The van der Waals surface area contributed by atoms with Crippen LogP contribution in [0.15, 0.2) is 58.3 Å². The number of unbranched alkanes of at least 4 members (excludes halogenated alkanes) is 16. The average Bonchev–Trinajstić information content (AvgIpc) is 3.12. The van der Waals surface area contributed by atoms with Crippen LogP contribution in [0.5, 0.6) is 0 Å². The fourth-order valence-corrected chi connectivity index (χ4v) is 13.5. The van der Waals surface area contributed by atoms with Gasteiger partial charge in [-0.25, -0.2) is 18.0 Å². The molecule has 2 rings (SSSR count). The maximum atomic E-state index is 12.6. The maximum Gasteiger partial charge on any atom is 0.337 e. The molecule has 0 aliphatic heterocycles. The van der Waals surface area contributed by atoms with Crippen molar-refractivity contribution < 1.29 is 28.2 Å². The first-order valence-electron chi connectivity index (χ1n) is 19.8. The highest BCUT2D eigenvalue weighted by Gasteiger charge is 2.34. The van der Waals surface area contributed by atoms with Crippen LogP contribution in [0, 0.1) is 0 Å². The second kappa shape index (κ2) is 27.4. The molecular weight excluding hydrogens is 663 g/mol. The Bertz CT molecular complexity index is 1220. The Morgan fingerprint density at radius 1 is 0.460 bits per heavy atom. The highest BCUT2D eigenvalue weighted by molar-refractivity contribution is 7.91. The van der Waals surface area contributed by atoms with Crippen molar-refractivity contribution >= 4 is 29.0 Å². The Morgan fingerprint density at radius 3 is 1.06 bits per heavy atom. The standard InChI is InChI=1S/C28H60P.C14H10O6S/c1-5-9-13-14-15-16-17-18-19-20-21-22-23-24-28-29(25-10-6-2,26-11-7-3)27-12-8-4;15-13(16)9-5-1-3-7-11(9)21(19,20)12-8-4-2-6-10(12)14(17)18/h5-28H2,1-4H3;1-8H,(H,15,16)(H,17,18)/q+1;. The zero-order chi connectivity index (χ0) is 37.1. The predicted octanol–water partition coefficient (Wildman–Crippen LogP) is 12.8. The van der Waals surface area contributed by atoms with Crippen molar-refractivity contribution in [3.63, 3.8) is 0 Å². The van der Waals surface area contributed by atoms with E-state index in [1.54, 1.807) is 31.1 Å². The van der Waals surface area contributed by atoms with E-state index in [9.17, 15) is 18.0 Å². The molecular formula is C42H70O6PS+. The molecule has 50 heavy (non-hydrogen) atoms. The highest BCUT2D eigenvalue weighted by Crippen LogP contribution is 2.61. The van der Waals surface area contributed by atoms with Crippen LogP contribution in [0.1, 0.15) is 177 Å². The SMILES string of the molecule is CCCCCCCCCCCCCCCC[P+](CCCC)(CCCC)CCCC.O=C(O)c1ccccc1S(=O)(=O)c1ccccc1C(=O)O. The lowest BCUT2D eigenvalue weighted by atomic mass is 10.0. The monoisotopic (exact) mass is 733 g/mol. The van der Waals surface area contributed by atoms with Crippen LogP contribution >= 0.6 is 7.26 Å². The van der Waals surface area contributed by atoms with Gasteiger partial charge in [-0.05, 0) is 56.4 Å². The molecule has 0 aliphatic rings. The van der Waals surface area contributed by atoms with E-state index < -0.39 is 50.0 Å². The first-order valence-corrected chi connectivity index (χ1v) is 23.9. The molecule has 0 atom stereocenters. The first-order chi connectivity index (χ1) is 24.1. The molecule has 0 saturated heterocycles. The lowest BCUT2D eigenvalue weighted by molar-refractivity contribution is 0.0683. The second-order valence-corrected chi connectivity index (χ2v) is 20.4. The maximum absolute atomic E-state index is 12.6. The summed E-state index contributed by atoms with van der Waals surface area (Å²) in [4.78, 5) is 21.4. The van der Waals surface area contributed by atoms with Gasteiger partial charge in [-0.15, -0.1) is 0 Å². The van der Waals surface area contributed by atoms with Crippen LogP contribution in [0.3, 0.4) is 0 Å². The topological polar surface area (TPSA) is 109 Å². The average molecular weight is 734 g/mol. The normalized spacial score (nSPS) is 11.6. The summed E-state index contributed by atoms with van der Waals surface area (Å²) in [5, 5.41) is 18.1. The Hall–Kier alpha value is -2.24. The molecule has 0 aromatic heterocycles.